The predicted molar refractivity (Wildman–Crippen MR) is 122 cm³/mol. The molecule has 0 radical (unpaired) electrons. The number of ether oxygens (including phenoxy) is 1. The van der Waals surface area contributed by atoms with E-state index in [1.807, 2.05) is 36.4 Å². The van der Waals surface area contributed by atoms with Crippen LogP contribution in [-0.4, -0.2) is 18.5 Å². The Morgan fingerprint density at radius 3 is 2.46 bits per heavy atom. The third-order valence-electron chi connectivity index (χ3n) is 4.07. The van der Waals surface area contributed by atoms with Crippen LogP contribution >= 0.6 is 54.5 Å². The molecule has 1 unspecified atom stereocenters. The van der Waals surface area contributed by atoms with Gasteiger partial charge in [0.2, 0.25) is 0 Å². The lowest BCUT2D eigenvalue weighted by molar-refractivity contribution is 0.0528. The van der Waals surface area contributed by atoms with Gasteiger partial charge in [-0.15, -0.1) is 22.7 Å². The van der Waals surface area contributed by atoms with E-state index >= 15 is 0 Å². The number of carbonyl (C=O) groups excluding carboxylic acids is 2. The fourth-order valence-electron chi connectivity index (χ4n) is 2.61. The average molecular weight is 543 g/mol. The van der Waals surface area contributed by atoms with Gasteiger partial charge in [-0.3, -0.25) is 4.79 Å². The number of thiophene rings is 2. The lowest BCUT2D eigenvalue weighted by Gasteiger charge is -2.09. The molecule has 1 amide bonds. The standard InChI is InChI=1S/C20H17Br2NO3S2/c1-3-26-20(25)13-9-15(11(2)12-7-5-4-6-8-12)28-19(13)23-18(24)16-10-14(21)17(22)27-16/h4-11H,3H2,1-2H3,(H,23,24). The summed E-state index contributed by atoms with van der Waals surface area (Å²) in [5, 5.41) is 3.38. The smallest absolute Gasteiger partial charge is 0.341 e. The van der Waals surface area contributed by atoms with Crippen LogP contribution in [0.25, 0.3) is 0 Å². The predicted octanol–water partition coefficient (Wildman–Crippen LogP) is 6.92. The summed E-state index contributed by atoms with van der Waals surface area (Å²) < 4.78 is 6.84. The summed E-state index contributed by atoms with van der Waals surface area (Å²) >= 11 is 9.51. The highest BCUT2D eigenvalue weighted by Crippen LogP contribution is 2.38. The van der Waals surface area contributed by atoms with Crippen LogP contribution in [0.4, 0.5) is 5.00 Å². The third-order valence-corrected chi connectivity index (χ3v) is 8.56. The normalized spacial score (nSPS) is 11.9. The summed E-state index contributed by atoms with van der Waals surface area (Å²) in [5.41, 5.74) is 1.52. The highest BCUT2D eigenvalue weighted by molar-refractivity contribution is 9.13. The molecule has 0 fully saturated rings. The van der Waals surface area contributed by atoms with Crippen LogP contribution < -0.4 is 5.32 Å². The Kier molecular flexibility index (Phi) is 7.09. The van der Waals surface area contributed by atoms with Gasteiger partial charge in [-0.1, -0.05) is 37.3 Å². The number of rotatable bonds is 6. The first kappa shape index (κ1) is 21.2. The summed E-state index contributed by atoms with van der Waals surface area (Å²) in [6.45, 7) is 4.11. The van der Waals surface area contributed by atoms with Crippen molar-refractivity contribution >= 4 is 71.4 Å². The van der Waals surface area contributed by atoms with E-state index < -0.39 is 5.97 Å². The molecule has 146 valence electrons. The summed E-state index contributed by atoms with van der Waals surface area (Å²) in [7, 11) is 0. The maximum Gasteiger partial charge on any atom is 0.341 e. The molecule has 8 heteroatoms. The molecule has 0 spiro atoms. The second-order valence-electron chi connectivity index (χ2n) is 5.93. The van der Waals surface area contributed by atoms with Crippen LogP contribution in [0.1, 0.15) is 50.2 Å². The molecule has 2 heterocycles. The van der Waals surface area contributed by atoms with Gasteiger partial charge < -0.3 is 10.1 Å². The molecule has 4 nitrogen and oxygen atoms in total. The monoisotopic (exact) mass is 541 g/mol. The Labute approximate surface area is 188 Å². The highest BCUT2D eigenvalue weighted by Gasteiger charge is 2.23. The molecule has 0 bridgehead atoms. The Hall–Kier alpha value is -1.48. The molecule has 3 aromatic rings. The van der Waals surface area contributed by atoms with Crippen LogP contribution in [0.5, 0.6) is 0 Å². The molecule has 2 aromatic heterocycles. The van der Waals surface area contributed by atoms with Gasteiger partial charge >= 0.3 is 5.97 Å². The number of amides is 1. The van der Waals surface area contributed by atoms with Gasteiger partial charge in [0.05, 0.1) is 20.8 Å². The molecule has 0 saturated heterocycles. The minimum absolute atomic E-state index is 0.0926. The second kappa shape index (κ2) is 9.35. The number of esters is 1. The minimum atomic E-state index is -0.436. The average Bonchev–Trinajstić information content (AvgIpc) is 3.26. The largest absolute Gasteiger partial charge is 0.462 e. The van der Waals surface area contributed by atoms with Gasteiger partial charge in [0, 0.05) is 15.3 Å². The fourth-order valence-corrected chi connectivity index (χ4v) is 5.66. The number of halogens is 2. The molecule has 1 N–H and O–H groups in total. The molecule has 0 saturated carbocycles. The molecular formula is C20H17Br2NO3S2. The molecule has 1 atom stereocenters. The van der Waals surface area contributed by atoms with E-state index in [1.165, 1.54) is 22.7 Å². The van der Waals surface area contributed by atoms with Gasteiger partial charge in [-0.2, -0.15) is 0 Å². The van der Waals surface area contributed by atoms with Crippen molar-refractivity contribution in [3.8, 4) is 0 Å². The van der Waals surface area contributed by atoms with E-state index in [-0.39, 0.29) is 18.4 Å². The van der Waals surface area contributed by atoms with Crippen LogP contribution in [-0.2, 0) is 4.74 Å². The van der Waals surface area contributed by atoms with Crippen LogP contribution in [0, 0.1) is 0 Å². The lowest BCUT2D eigenvalue weighted by atomic mass is 9.99. The van der Waals surface area contributed by atoms with Crippen molar-refractivity contribution in [3.05, 3.63) is 71.6 Å². The number of carbonyl (C=O) groups is 2. The van der Waals surface area contributed by atoms with Crippen molar-refractivity contribution in [2.45, 2.75) is 19.8 Å². The summed E-state index contributed by atoms with van der Waals surface area (Å²) in [6, 6.07) is 13.6. The van der Waals surface area contributed by atoms with Gasteiger partial charge in [0.15, 0.2) is 0 Å². The van der Waals surface area contributed by atoms with E-state index in [9.17, 15) is 9.59 Å². The Morgan fingerprint density at radius 2 is 1.86 bits per heavy atom. The van der Waals surface area contributed by atoms with E-state index in [4.69, 9.17) is 4.74 Å². The summed E-state index contributed by atoms with van der Waals surface area (Å²) in [6.07, 6.45) is 0. The topological polar surface area (TPSA) is 55.4 Å². The number of anilines is 1. The SMILES string of the molecule is CCOC(=O)c1cc(C(C)c2ccccc2)sc1NC(=O)c1cc(Br)c(Br)s1. The minimum Gasteiger partial charge on any atom is -0.462 e. The number of nitrogens with one attached hydrogen (secondary N) is 1. The molecule has 1 aromatic carbocycles. The highest BCUT2D eigenvalue weighted by atomic mass is 79.9. The summed E-state index contributed by atoms with van der Waals surface area (Å²) in [4.78, 5) is 26.6. The van der Waals surface area contributed by atoms with Crippen molar-refractivity contribution in [3.63, 3.8) is 0 Å². The van der Waals surface area contributed by atoms with E-state index in [2.05, 4.69) is 44.1 Å². The third kappa shape index (κ3) is 4.74. The van der Waals surface area contributed by atoms with E-state index in [1.54, 1.807) is 13.0 Å². The van der Waals surface area contributed by atoms with Gasteiger partial charge in [0.1, 0.15) is 5.00 Å². The number of hydrogen-bond donors (Lipinski definition) is 1. The maximum absolute atomic E-state index is 12.7. The summed E-state index contributed by atoms with van der Waals surface area (Å²) in [5.74, 6) is -0.605. The number of hydrogen-bond acceptors (Lipinski definition) is 5. The zero-order valence-corrected chi connectivity index (χ0v) is 19.9. The molecular weight excluding hydrogens is 526 g/mol. The zero-order valence-electron chi connectivity index (χ0n) is 15.1. The number of benzene rings is 1. The maximum atomic E-state index is 12.7. The molecule has 0 aliphatic carbocycles. The molecule has 0 aliphatic heterocycles. The van der Waals surface area contributed by atoms with Gasteiger partial charge in [-0.25, -0.2) is 4.79 Å². The van der Waals surface area contributed by atoms with Crippen molar-refractivity contribution in [1.82, 2.24) is 0 Å². The van der Waals surface area contributed by atoms with Crippen molar-refractivity contribution in [2.75, 3.05) is 11.9 Å². The Bertz CT molecular complexity index is 979. The molecule has 28 heavy (non-hydrogen) atoms. The first-order valence-electron chi connectivity index (χ1n) is 8.52. The van der Waals surface area contributed by atoms with Gasteiger partial charge in [-0.05, 0) is 56.5 Å². The van der Waals surface area contributed by atoms with Crippen LogP contribution in [0.2, 0.25) is 0 Å². The quantitative estimate of drug-likeness (QED) is 0.344. The first-order chi connectivity index (χ1) is 13.4. The molecule has 3 rings (SSSR count). The van der Waals surface area contributed by atoms with Crippen LogP contribution in [0.15, 0.2) is 50.7 Å². The van der Waals surface area contributed by atoms with Crippen LogP contribution in [0.3, 0.4) is 0 Å². The zero-order chi connectivity index (χ0) is 20.3. The van der Waals surface area contributed by atoms with E-state index in [0.717, 1.165) is 18.7 Å². The fraction of sp³-hybridized carbons (Fsp3) is 0.200. The van der Waals surface area contributed by atoms with Crippen molar-refractivity contribution < 1.29 is 14.3 Å². The second-order valence-corrected chi connectivity index (χ2v) is 10.2. The Balaban J connectivity index is 1.93. The van der Waals surface area contributed by atoms with Crippen molar-refractivity contribution in [2.24, 2.45) is 0 Å². The van der Waals surface area contributed by atoms with E-state index in [0.29, 0.717) is 15.4 Å². The van der Waals surface area contributed by atoms with Crippen molar-refractivity contribution in [1.29, 1.82) is 0 Å². The lowest BCUT2D eigenvalue weighted by Crippen LogP contribution is -2.13. The Morgan fingerprint density at radius 1 is 1.14 bits per heavy atom. The first-order valence-corrected chi connectivity index (χ1v) is 11.7. The van der Waals surface area contributed by atoms with Gasteiger partial charge in [0.25, 0.3) is 5.91 Å². The molecule has 0 aliphatic rings.